The summed E-state index contributed by atoms with van der Waals surface area (Å²) in [7, 11) is 0. The Morgan fingerprint density at radius 3 is 2.75 bits per heavy atom. The number of aromatic nitrogens is 2. The van der Waals surface area contributed by atoms with Gasteiger partial charge in [-0.2, -0.15) is 0 Å². The number of halogens is 1. The van der Waals surface area contributed by atoms with Crippen molar-refractivity contribution in [3.63, 3.8) is 0 Å². The van der Waals surface area contributed by atoms with Crippen LogP contribution in [0.1, 0.15) is 31.3 Å². The molecule has 2 aromatic rings. The van der Waals surface area contributed by atoms with Crippen molar-refractivity contribution in [2.24, 2.45) is 0 Å². The van der Waals surface area contributed by atoms with Gasteiger partial charge in [-0.1, -0.05) is 34.1 Å². The molecule has 0 saturated heterocycles. The smallest absolute Gasteiger partial charge is 0.299 e. The Morgan fingerprint density at radius 1 is 1.30 bits per heavy atom. The second-order valence-corrected chi connectivity index (χ2v) is 7.04. The molecule has 20 heavy (non-hydrogen) atoms. The number of hydrogen-bond acceptors (Lipinski definition) is 5. The van der Waals surface area contributed by atoms with Crippen molar-refractivity contribution in [3.05, 3.63) is 33.8 Å². The van der Waals surface area contributed by atoms with Crippen LogP contribution in [0.4, 0.5) is 0 Å². The van der Waals surface area contributed by atoms with Crippen molar-refractivity contribution >= 4 is 22.9 Å². The van der Waals surface area contributed by atoms with E-state index in [1.54, 1.807) is 6.07 Å². The fourth-order valence-corrected chi connectivity index (χ4v) is 2.27. The summed E-state index contributed by atoms with van der Waals surface area (Å²) >= 11 is 7.40. The van der Waals surface area contributed by atoms with Crippen molar-refractivity contribution in [1.82, 2.24) is 15.5 Å². The molecule has 0 unspecified atom stereocenters. The summed E-state index contributed by atoms with van der Waals surface area (Å²) in [4.78, 5) is 0. The van der Waals surface area contributed by atoms with Gasteiger partial charge < -0.3 is 10.1 Å². The first-order chi connectivity index (χ1) is 9.33. The molecule has 0 aliphatic rings. The molecule has 1 aromatic carbocycles. The van der Waals surface area contributed by atoms with Gasteiger partial charge in [-0.05, 0) is 45.4 Å². The minimum atomic E-state index is 0.0518. The zero-order valence-electron chi connectivity index (χ0n) is 12.0. The van der Waals surface area contributed by atoms with Crippen LogP contribution >= 0.6 is 22.9 Å². The van der Waals surface area contributed by atoms with E-state index in [9.17, 15) is 0 Å². The Balaban J connectivity index is 2.04. The zero-order valence-corrected chi connectivity index (χ0v) is 13.6. The Bertz CT molecular complexity index is 592. The van der Waals surface area contributed by atoms with E-state index in [1.165, 1.54) is 11.3 Å². The molecule has 0 aliphatic heterocycles. The Kier molecular flexibility index (Phi) is 4.62. The lowest BCUT2D eigenvalue weighted by Crippen LogP contribution is -2.35. The Labute approximate surface area is 128 Å². The van der Waals surface area contributed by atoms with E-state index in [-0.39, 0.29) is 5.54 Å². The van der Waals surface area contributed by atoms with E-state index in [4.69, 9.17) is 16.3 Å². The molecule has 2 rings (SSSR count). The van der Waals surface area contributed by atoms with Gasteiger partial charge in [0.2, 0.25) is 0 Å². The van der Waals surface area contributed by atoms with E-state index >= 15 is 0 Å². The summed E-state index contributed by atoms with van der Waals surface area (Å²) in [5, 5.41) is 13.6. The quantitative estimate of drug-likeness (QED) is 0.920. The standard InChI is InChI=1S/C14H18ClN3OS/c1-9-5-6-10(15)7-11(9)19-13-18-17-12(20-13)8-16-14(2,3)4/h5-7,16H,8H2,1-4H3. The van der Waals surface area contributed by atoms with Gasteiger partial charge in [0, 0.05) is 10.6 Å². The number of aryl methyl sites for hydroxylation is 1. The first-order valence-electron chi connectivity index (χ1n) is 6.35. The molecule has 6 heteroatoms. The normalized spacial score (nSPS) is 11.7. The molecule has 0 aliphatic carbocycles. The van der Waals surface area contributed by atoms with E-state index in [1.807, 2.05) is 19.1 Å². The van der Waals surface area contributed by atoms with Gasteiger partial charge in [0.1, 0.15) is 10.8 Å². The lowest BCUT2D eigenvalue weighted by Gasteiger charge is -2.19. The van der Waals surface area contributed by atoms with Crippen LogP contribution in [0.3, 0.4) is 0 Å². The van der Waals surface area contributed by atoms with Gasteiger partial charge in [-0.15, -0.1) is 5.10 Å². The zero-order chi connectivity index (χ0) is 14.8. The van der Waals surface area contributed by atoms with Crippen LogP contribution in [0, 0.1) is 6.92 Å². The first-order valence-corrected chi connectivity index (χ1v) is 7.54. The monoisotopic (exact) mass is 311 g/mol. The second-order valence-electron chi connectivity index (χ2n) is 5.58. The number of hydrogen-bond donors (Lipinski definition) is 1. The van der Waals surface area contributed by atoms with Crippen molar-refractivity contribution in [2.45, 2.75) is 39.8 Å². The molecule has 0 fully saturated rings. The van der Waals surface area contributed by atoms with Crippen LogP contribution in [0.25, 0.3) is 0 Å². The lowest BCUT2D eigenvalue weighted by molar-refractivity contribution is 0.423. The summed E-state index contributed by atoms with van der Waals surface area (Å²) in [6.07, 6.45) is 0. The summed E-state index contributed by atoms with van der Waals surface area (Å²) in [6.45, 7) is 8.98. The lowest BCUT2D eigenvalue weighted by atomic mass is 10.1. The highest BCUT2D eigenvalue weighted by atomic mass is 35.5. The molecule has 0 amide bonds. The average molecular weight is 312 g/mol. The van der Waals surface area contributed by atoms with Gasteiger partial charge in [-0.25, -0.2) is 0 Å². The highest BCUT2D eigenvalue weighted by molar-refractivity contribution is 7.13. The van der Waals surface area contributed by atoms with Crippen molar-refractivity contribution in [3.8, 4) is 10.9 Å². The summed E-state index contributed by atoms with van der Waals surface area (Å²) in [5.41, 5.74) is 1.06. The number of nitrogens with one attached hydrogen (secondary N) is 1. The molecule has 1 aromatic heterocycles. The molecular weight excluding hydrogens is 294 g/mol. The summed E-state index contributed by atoms with van der Waals surface area (Å²) in [6, 6.07) is 5.54. The first kappa shape index (κ1) is 15.2. The largest absolute Gasteiger partial charge is 0.429 e. The van der Waals surface area contributed by atoms with Crippen molar-refractivity contribution in [1.29, 1.82) is 0 Å². The predicted molar refractivity (Wildman–Crippen MR) is 82.8 cm³/mol. The molecule has 1 heterocycles. The van der Waals surface area contributed by atoms with Crippen molar-refractivity contribution in [2.75, 3.05) is 0 Å². The predicted octanol–water partition coefficient (Wildman–Crippen LogP) is 4.18. The highest BCUT2D eigenvalue weighted by Gasteiger charge is 2.12. The molecule has 0 radical (unpaired) electrons. The third-order valence-electron chi connectivity index (χ3n) is 2.57. The van der Waals surface area contributed by atoms with Gasteiger partial charge in [0.25, 0.3) is 5.19 Å². The third-order valence-corrected chi connectivity index (χ3v) is 3.60. The van der Waals surface area contributed by atoms with Gasteiger partial charge in [0.15, 0.2) is 0 Å². The van der Waals surface area contributed by atoms with E-state index in [0.29, 0.717) is 22.5 Å². The molecule has 4 nitrogen and oxygen atoms in total. The summed E-state index contributed by atoms with van der Waals surface area (Å²) < 4.78 is 5.74. The number of rotatable bonds is 4. The molecular formula is C14H18ClN3OS. The minimum Gasteiger partial charge on any atom is -0.429 e. The molecule has 108 valence electrons. The maximum atomic E-state index is 5.97. The molecule has 0 bridgehead atoms. The SMILES string of the molecule is Cc1ccc(Cl)cc1Oc1nnc(CNC(C)(C)C)s1. The van der Waals surface area contributed by atoms with Crippen LogP contribution in [-0.4, -0.2) is 15.7 Å². The second kappa shape index (κ2) is 6.08. The van der Waals surface area contributed by atoms with Crippen molar-refractivity contribution < 1.29 is 4.74 Å². The number of nitrogens with zero attached hydrogens (tertiary/aromatic N) is 2. The minimum absolute atomic E-state index is 0.0518. The molecule has 0 spiro atoms. The average Bonchev–Trinajstić information content (AvgIpc) is 2.78. The Hall–Kier alpha value is -1.17. The third kappa shape index (κ3) is 4.44. The van der Waals surface area contributed by atoms with E-state index in [0.717, 1.165) is 10.6 Å². The van der Waals surface area contributed by atoms with Crippen LogP contribution in [0.2, 0.25) is 5.02 Å². The van der Waals surface area contributed by atoms with Crippen LogP contribution < -0.4 is 10.1 Å². The fourth-order valence-electron chi connectivity index (χ4n) is 1.47. The van der Waals surface area contributed by atoms with Crippen LogP contribution in [0.5, 0.6) is 10.9 Å². The highest BCUT2D eigenvalue weighted by Crippen LogP contribution is 2.29. The van der Waals surface area contributed by atoms with Crippen LogP contribution in [0.15, 0.2) is 18.2 Å². The fraction of sp³-hybridized carbons (Fsp3) is 0.429. The summed E-state index contributed by atoms with van der Waals surface area (Å²) in [5.74, 6) is 0.712. The van der Waals surface area contributed by atoms with E-state index < -0.39 is 0 Å². The molecule has 0 saturated carbocycles. The van der Waals surface area contributed by atoms with Crippen LogP contribution in [-0.2, 0) is 6.54 Å². The number of benzene rings is 1. The maximum absolute atomic E-state index is 5.97. The number of ether oxygens (including phenoxy) is 1. The van der Waals surface area contributed by atoms with Gasteiger partial charge in [0.05, 0.1) is 6.54 Å². The molecule has 0 atom stereocenters. The van der Waals surface area contributed by atoms with Gasteiger partial charge >= 0.3 is 0 Å². The maximum Gasteiger partial charge on any atom is 0.299 e. The van der Waals surface area contributed by atoms with E-state index in [2.05, 4.69) is 36.3 Å². The van der Waals surface area contributed by atoms with Gasteiger partial charge in [-0.3, -0.25) is 0 Å². The topological polar surface area (TPSA) is 47.0 Å². The Morgan fingerprint density at radius 2 is 2.05 bits per heavy atom. The molecule has 1 N–H and O–H groups in total.